The highest BCUT2D eigenvalue weighted by Crippen LogP contribution is 2.20. The summed E-state index contributed by atoms with van der Waals surface area (Å²) in [6.45, 7) is 2.60. The summed E-state index contributed by atoms with van der Waals surface area (Å²) >= 11 is 1.63. The molecule has 0 aromatic carbocycles. The number of nitrogens with zero attached hydrogens (tertiary/aromatic N) is 1. The van der Waals surface area contributed by atoms with Gasteiger partial charge >= 0.3 is 5.97 Å². The van der Waals surface area contributed by atoms with E-state index in [0.29, 0.717) is 12.2 Å². The fourth-order valence-electron chi connectivity index (χ4n) is 1.55. The number of nitrogen functional groups attached to an aromatic ring is 1. The first kappa shape index (κ1) is 12.4. The van der Waals surface area contributed by atoms with Crippen LogP contribution in [0.25, 0.3) is 0 Å². The molecule has 2 aromatic heterocycles. The van der Waals surface area contributed by atoms with Crippen molar-refractivity contribution in [1.82, 2.24) is 4.98 Å². The fraction of sp³-hybridized carbons (Fsp3) is 0.167. The maximum Gasteiger partial charge on any atom is 0.337 e. The fourth-order valence-corrected chi connectivity index (χ4v) is 2.40. The quantitative estimate of drug-likeness (QED) is 0.788. The van der Waals surface area contributed by atoms with Crippen LogP contribution in [-0.2, 0) is 6.54 Å². The lowest BCUT2D eigenvalue weighted by atomic mass is 10.2. The highest BCUT2D eigenvalue weighted by molar-refractivity contribution is 7.10. The van der Waals surface area contributed by atoms with Crippen LogP contribution < -0.4 is 11.1 Å². The summed E-state index contributed by atoms with van der Waals surface area (Å²) in [4.78, 5) is 16.2. The van der Waals surface area contributed by atoms with Gasteiger partial charge in [0, 0.05) is 11.4 Å². The van der Waals surface area contributed by atoms with Gasteiger partial charge in [-0.25, -0.2) is 9.78 Å². The van der Waals surface area contributed by atoms with Crippen LogP contribution in [-0.4, -0.2) is 16.1 Å². The van der Waals surface area contributed by atoms with Gasteiger partial charge in [0.25, 0.3) is 0 Å². The van der Waals surface area contributed by atoms with E-state index in [2.05, 4.69) is 10.3 Å². The molecule has 0 bridgehead atoms. The van der Waals surface area contributed by atoms with E-state index in [1.807, 2.05) is 18.4 Å². The Morgan fingerprint density at radius 2 is 2.39 bits per heavy atom. The molecule has 18 heavy (non-hydrogen) atoms. The number of nitrogens with two attached hydrogens (primary N) is 1. The first-order valence-corrected chi connectivity index (χ1v) is 6.21. The number of rotatable bonds is 4. The van der Waals surface area contributed by atoms with E-state index in [9.17, 15) is 4.79 Å². The van der Waals surface area contributed by atoms with Crippen LogP contribution in [0.15, 0.2) is 23.7 Å². The molecule has 2 heterocycles. The summed E-state index contributed by atoms with van der Waals surface area (Å²) in [5.41, 5.74) is 7.28. The molecule has 5 nitrogen and oxygen atoms in total. The number of aromatic carboxylic acids is 1. The topological polar surface area (TPSA) is 88.2 Å². The van der Waals surface area contributed by atoms with Gasteiger partial charge in [-0.1, -0.05) is 0 Å². The molecule has 0 unspecified atom stereocenters. The molecule has 0 fully saturated rings. The molecule has 94 valence electrons. The number of anilines is 2. The Hall–Kier alpha value is -2.08. The zero-order valence-electron chi connectivity index (χ0n) is 9.80. The Labute approximate surface area is 108 Å². The number of carboxylic acid groups (broad SMARTS) is 1. The van der Waals surface area contributed by atoms with Gasteiger partial charge in [0.05, 0.1) is 17.4 Å². The molecule has 6 heteroatoms. The first-order valence-electron chi connectivity index (χ1n) is 5.33. The number of pyridine rings is 1. The predicted molar refractivity (Wildman–Crippen MR) is 72.0 cm³/mol. The molecule has 0 aliphatic heterocycles. The van der Waals surface area contributed by atoms with Crippen molar-refractivity contribution in [2.75, 3.05) is 11.1 Å². The van der Waals surface area contributed by atoms with Crippen LogP contribution in [0.4, 0.5) is 11.5 Å². The van der Waals surface area contributed by atoms with Crippen molar-refractivity contribution in [1.29, 1.82) is 0 Å². The molecule has 0 saturated heterocycles. The third-order valence-corrected chi connectivity index (χ3v) is 3.59. The smallest absolute Gasteiger partial charge is 0.337 e. The van der Waals surface area contributed by atoms with Crippen molar-refractivity contribution in [3.63, 3.8) is 0 Å². The minimum atomic E-state index is -1.02. The van der Waals surface area contributed by atoms with Crippen LogP contribution in [0.2, 0.25) is 0 Å². The third kappa shape index (κ3) is 2.60. The Bertz CT molecular complexity index is 580. The second-order valence-corrected chi connectivity index (χ2v) is 4.84. The van der Waals surface area contributed by atoms with Crippen molar-refractivity contribution >= 4 is 28.8 Å². The monoisotopic (exact) mass is 263 g/mol. The van der Waals surface area contributed by atoms with Gasteiger partial charge in [0.1, 0.15) is 5.82 Å². The van der Waals surface area contributed by atoms with Gasteiger partial charge in [-0.15, -0.1) is 11.3 Å². The minimum Gasteiger partial charge on any atom is -0.478 e. The number of thiophene rings is 1. The molecule has 2 rings (SSSR count). The number of aryl methyl sites for hydroxylation is 1. The zero-order valence-corrected chi connectivity index (χ0v) is 10.6. The molecule has 0 radical (unpaired) electrons. The Kier molecular flexibility index (Phi) is 3.47. The molecule has 0 aliphatic carbocycles. The van der Waals surface area contributed by atoms with Crippen molar-refractivity contribution in [2.24, 2.45) is 0 Å². The molecule has 0 aliphatic rings. The SMILES string of the molecule is Cc1ccsc1CNc1cnc(N)cc1C(=O)O. The molecule has 2 aromatic rings. The number of carboxylic acids is 1. The zero-order chi connectivity index (χ0) is 13.1. The van der Waals surface area contributed by atoms with E-state index in [0.717, 1.165) is 0 Å². The average molecular weight is 263 g/mol. The van der Waals surface area contributed by atoms with Crippen LogP contribution >= 0.6 is 11.3 Å². The van der Waals surface area contributed by atoms with Gasteiger partial charge in [-0.05, 0) is 30.0 Å². The van der Waals surface area contributed by atoms with Gasteiger partial charge in [0.2, 0.25) is 0 Å². The van der Waals surface area contributed by atoms with Crippen LogP contribution in [0.3, 0.4) is 0 Å². The second-order valence-electron chi connectivity index (χ2n) is 3.84. The highest BCUT2D eigenvalue weighted by Gasteiger charge is 2.11. The molecule has 0 amide bonds. The van der Waals surface area contributed by atoms with E-state index >= 15 is 0 Å². The Balaban J connectivity index is 2.19. The standard InChI is InChI=1S/C12H13N3O2S/c1-7-2-3-18-10(7)6-14-9-5-15-11(13)4-8(9)12(16)17/h2-5,14H,6H2,1H3,(H2,13,15)(H,16,17). The lowest BCUT2D eigenvalue weighted by Crippen LogP contribution is -2.08. The molecule has 0 spiro atoms. The largest absolute Gasteiger partial charge is 0.478 e. The summed E-state index contributed by atoms with van der Waals surface area (Å²) in [6, 6.07) is 3.38. The normalized spacial score (nSPS) is 10.3. The average Bonchev–Trinajstić information content (AvgIpc) is 2.73. The highest BCUT2D eigenvalue weighted by atomic mass is 32.1. The van der Waals surface area contributed by atoms with Crippen molar-refractivity contribution in [3.05, 3.63) is 39.7 Å². The van der Waals surface area contributed by atoms with Crippen LogP contribution in [0, 0.1) is 6.92 Å². The Morgan fingerprint density at radius 3 is 3.00 bits per heavy atom. The maximum atomic E-state index is 11.1. The summed E-state index contributed by atoms with van der Waals surface area (Å²) in [7, 11) is 0. The van der Waals surface area contributed by atoms with Gasteiger partial charge < -0.3 is 16.2 Å². The van der Waals surface area contributed by atoms with Crippen molar-refractivity contribution in [3.8, 4) is 0 Å². The number of carbonyl (C=O) groups is 1. The van der Waals surface area contributed by atoms with E-state index in [-0.39, 0.29) is 11.4 Å². The van der Waals surface area contributed by atoms with Gasteiger partial charge in [0.15, 0.2) is 0 Å². The molecular formula is C12H13N3O2S. The number of aromatic nitrogens is 1. The molecule has 0 atom stereocenters. The molecule has 4 N–H and O–H groups in total. The number of hydrogen-bond acceptors (Lipinski definition) is 5. The van der Waals surface area contributed by atoms with E-state index < -0.39 is 5.97 Å². The first-order chi connectivity index (χ1) is 8.58. The molecular weight excluding hydrogens is 250 g/mol. The van der Waals surface area contributed by atoms with E-state index in [4.69, 9.17) is 10.8 Å². The van der Waals surface area contributed by atoms with Gasteiger partial charge in [-0.3, -0.25) is 0 Å². The minimum absolute atomic E-state index is 0.136. The lowest BCUT2D eigenvalue weighted by molar-refractivity contribution is 0.0698. The van der Waals surface area contributed by atoms with Gasteiger partial charge in [-0.2, -0.15) is 0 Å². The number of nitrogens with one attached hydrogen (secondary N) is 1. The van der Waals surface area contributed by atoms with Crippen LogP contribution in [0.5, 0.6) is 0 Å². The third-order valence-electron chi connectivity index (χ3n) is 2.56. The van der Waals surface area contributed by atoms with E-state index in [1.165, 1.54) is 22.7 Å². The van der Waals surface area contributed by atoms with Crippen molar-refractivity contribution < 1.29 is 9.90 Å². The summed E-state index contributed by atoms with van der Waals surface area (Å²) in [5, 5.41) is 14.2. The Morgan fingerprint density at radius 1 is 1.61 bits per heavy atom. The second kappa shape index (κ2) is 5.05. The van der Waals surface area contributed by atoms with Crippen molar-refractivity contribution in [2.45, 2.75) is 13.5 Å². The summed E-state index contributed by atoms with van der Waals surface area (Å²) < 4.78 is 0. The van der Waals surface area contributed by atoms with E-state index in [1.54, 1.807) is 11.3 Å². The summed E-state index contributed by atoms with van der Waals surface area (Å²) in [5.74, 6) is -0.820. The summed E-state index contributed by atoms with van der Waals surface area (Å²) in [6.07, 6.45) is 1.45. The maximum absolute atomic E-state index is 11.1. The molecule has 0 saturated carbocycles. The van der Waals surface area contributed by atoms with Crippen LogP contribution in [0.1, 0.15) is 20.8 Å². The number of hydrogen-bond donors (Lipinski definition) is 3. The predicted octanol–water partition coefficient (Wildman–Crippen LogP) is 2.34. The lowest BCUT2D eigenvalue weighted by Gasteiger charge is -2.09.